The van der Waals surface area contributed by atoms with E-state index in [1.807, 2.05) is 82.4 Å². The summed E-state index contributed by atoms with van der Waals surface area (Å²) in [6.07, 6.45) is 3.64. The quantitative estimate of drug-likeness (QED) is 0.114. The summed E-state index contributed by atoms with van der Waals surface area (Å²) in [7, 11) is -1.67. The molecule has 6 aromatic rings. The van der Waals surface area contributed by atoms with E-state index in [4.69, 9.17) is 12.6 Å². The topological polar surface area (TPSA) is 51.8 Å². The molecule has 0 N–H and O–H groups in total. The van der Waals surface area contributed by atoms with Crippen molar-refractivity contribution in [3.8, 4) is 22.5 Å². The molecule has 2 aromatic carbocycles. The van der Waals surface area contributed by atoms with Crippen molar-refractivity contribution in [2.45, 2.75) is 79.3 Å². The van der Waals surface area contributed by atoms with Crippen LogP contribution in [0.1, 0.15) is 71.5 Å². The molecule has 1 radical (unpaired) electrons. The summed E-state index contributed by atoms with van der Waals surface area (Å²) in [4.78, 5) is 13.3. The maximum absolute atomic E-state index is 8.73. The minimum atomic E-state index is -2.30. The van der Waals surface area contributed by atoms with Crippen LogP contribution in [0.2, 0.25) is 19.6 Å². The van der Waals surface area contributed by atoms with Crippen molar-refractivity contribution in [3.05, 3.63) is 108 Å². The van der Waals surface area contributed by atoms with Gasteiger partial charge in [0.15, 0.2) is 0 Å². The van der Waals surface area contributed by atoms with Crippen molar-refractivity contribution in [2.24, 2.45) is 5.92 Å². The molecule has 0 fully saturated rings. The van der Waals surface area contributed by atoms with Gasteiger partial charge in [0.2, 0.25) is 5.71 Å². The van der Waals surface area contributed by atoms with E-state index in [1.165, 1.54) is 6.07 Å². The van der Waals surface area contributed by atoms with Crippen molar-refractivity contribution in [1.29, 1.82) is 0 Å². The summed E-state index contributed by atoms with van der Waals surface area (Å²) in [5.74, 6) is -0.757. The second kappa shape index (κ2) is 15.4. The number of pyridine rings is 3. The summed E-state index contributed by atoms with van der Waals surface area (Å²) in [6.45, 7) is 12.3. The summed E-state index contributed by atoms with van der Waals surface area (Å²) < 4.78 is 54.5. The Kier molecular flexibility index (Phi) is 9.27. The molecule has 0 amide bonds. The molecular formula is C40H45IrN3OSi-2. The van der Waals surface area contributed by atoms with Crippen LogP contribution in [0.4, 0.5) is 0 Å². The molecule has 0 aliphatic heterocycles. The Morgan fingerprint density at radius 1 is 0.935 bits per heavy atom. The van der Waals surface area contributed by atoms with Gasteiger partial charge in [-0.1, -0.05) is 81.5 Å². The molecule has 241 valence electrons. The first-order valence-electron chi connectivity index (χ1n) is 18.6. The molecule has 4 aromatic heterocycles. The minimum Gasteiger partial charge on any atom is -0.486 e. The predicted molar refractivity (Wildman–Crippen MR) is 192 cm³/mol. The number of hydrogen-bond donors (Lipinski definition) is 0. The number of benzene rings is 2. The van der Waals surface area contributed by atoms with Crippen LogP contribution in [0.15, 0.2) is 83.5 Å². The monoisotopic (exact) mass is 810 g/mol. The standard InChI is InChI=1S/C22H21N2O.C18H24NSi.Ir/c1-4-15(5-2)16-11-12-23-20(13-16)19-8-6-7-17-18-10-9-14(3)24-22(18)25-21(17)19;1-14(2)11-16-12-17(15-9-7-6-8-10-15)19-13-18(16)20(3,4)5;/h6-7,9-13,15H,4-5H2,1-3H3;6-9,12-14H,11H2,1-5H3;/q2*-1;/i3D3,15D;11D2;. The smallest absolute Gasteiger partial charge is 0.216 e. The van der Waals surface area contributed by atoms with Gasteiger partial charge < -0.3 is 14.4 Å². The summed E-state index contributed by atoms with van der Waals surface area (Å²) in [6, 6.07) is 26.7. The van der Waals surface area contributed by atoms with Crippen molar-refractivity contribution in [1.82, 2.24) is 15.0 Å². The van der Waals surface area contributed by atoms with Crippen LogP contribution < -0.4 is 5.19 Å². The van der Waals surface area contributed by atoms with Crippen molar-refractivity contribution < 1.29 is 32.7 Å². The molecular weight excluding hydrogens is 759 g/mol. The second-order valence-corrected chi connectivity index (χ2v) is 17.5. The van der Waals surface area contributed by atoms with E-state index >= 15 is 0 Å². The fraction of sp³-hybridized carbons (Fsp3) is 0.325. The van der Waals surface area contributed by atoms with E-state index in [0.29, 0.717) is 29.7 Å². The van der Waals surface area contributed by atoms with E-state index in [-0.39, 0.29) is 37.4 Å². The zero-order valence-corrected chi connectivity index (χ0v) is 31.0. The first-order valence-corrected chi connectivity index (χ1v) is 19.1. The van der Waals surface area contributed by atoms with Crippen LogP contribution in [-0.2, 0) is 26.5 Å². The zero-order chi connectivity index (χ0) is 37.4. The number of furan rings is 1. The Morgan fingerprint density at radius 3 is 2.41 bits per heavy atom. The molecule has 4 nitrogen and oxygen atoms in total. The average molecular weight is 810 g/mol. The molecule has 4 heterocycles. The molecule has 6 rings (SSSR count). The van der Waals surface area contributed by atoms with Crippen LogP contribution in [0, 0.1) is 24.9 Å². The van der Waals surface area contributed by atoms with Gasteiger partial charge in [0.25, 0.3) is 0 Å². The minimum absolute atomic E-state index is 0. The maximum atomic E-state index is 8.73. The van der Waals surface area contributed by atoms with Crippen molar-refractivity contribution in [2.75, 3.05) is 0 Å². The van der Waals surface area contributed by atoms with E-state index in [0.717, 1.165) is 38.3 Å². The van der Waals surface area contributed by atoms with Crippen molar-refractivity contribution >= 4 is 35.3 Å². The Labute approximate surface area is 297 Å². The Hall–Kier alpha value is -3.44. The van der Waals surface area contributed by atoms with Gasteiger partial charge in [0.05, 0.1) is 13.7 Å². The molecule has 0 spiro atoms. The molecule has 0 aliphatic carbocycles. The summed E-state index contributed by atoms with van der Waals surface area (Å²) in [5, 5.41) is 2.68. The first kappa shape index (κ1) is 27.6. The number of fused-ring (bicyclic) bond motifs is 3. The first-order chi connectivity index (χ1) is 23.9. The SMILES string of the molecule is [2H]C([2H])([2H])c1ccc2c(n1)oc1c(-c3cc(C([2H])(CC)CC)ccn3)[c-]ccc12.[2H]C([2H])(c1cc(-c2[c-]cccc2)ncc1[Si](C)(C)C)C(C)C.[Ir]. The Bertz CT molecular complexity index is 2140. The number of rotatable bonds is 8. The number of aromatic nitrogens is 3. The van der Waals surface area contributed by atoms with Crippen LogP contribution >= 0.6 is 0 Å². The zero-order valence-electron chi connectivity index (χ0n) is 33.6. The second-order valence-electron chi connectivity index (χ2n) is 12.4. The fourth-order valence-corrected chi connectivity index (χ4v) is 6.85. The Balaban J connectivity index is 0.000000237. The van der Waals surface area contributed by atoms with Gasteiger partial charge in [-0.05, 0) is 72.7 Å². The van der Waals surface area contributed by atoms with E-state index in [2.05, 4.69) is 46.7 Å². The van der Waals surface area contributed by atoms with Gasteiger partial charge in [-0.25, -0.2) is 4.98 Å². The van der Waals surface area contributed by atoms with E-state index in [1.54, 1.807) is 18.3 Å². The third-order valence-corrected chi connectivity index (χ3v) is 9.73. The van der Waals surface area contributed by atoms with Gasteiger partial charge in [-0.2, -0.15) is 0 Å². The summed E-state index contributed by atoms with van der Waals surface area (Å²) in [5.41, 5.74) is 5.58. The molecule has 46 heavy (non-hydrogen) atoms. The van der Waals surface area contributed by atoms with Gasteiger partial charge in [-0.3, -0.25) is 0 Å². The van der Waals surface area contributed by atoms with E-state index in [9.17, 15) is 0 Å². The molecule has 0 atom stereocenters. The summed E-state index contributed by atoms with van der Waals surface area (Å²) >= 11 is 0. The van der Waals surface area contributed by atoms with Crippen LogP contribution in [-0.4, -0.2) is 23.0 Å². The Morgan fingerprint density at radius 2 is 1.74 bits per heavy atom. The third kappa shape index (κ3) is 8.09. The molecule has 0 saturated carbocycles. The predicted octanol–water partition coefficient (Wildman–Crippen LogP) is 10.3. The van der Waals surface area contributed by atoms with Gasteiger partial charge >= 0.3 is 0 Å². The van der Waals surface area contributed by atoms with Gasteiger partial charge in [0, 0.05) is 51.8 Å². The van der Waals surface area contributed by atoms with E-state index < -0.39 is 27.2 Å². The normalized spacial score (nSPS) is 14.3. The third-order valence-electron chi connectivity index (χ3n) is 7.72. The molecule has 0 unspecified atom stereocenters. The maximum Gasteiger partial charge on any atom is 0.216 e. The molecule has 6 heteroatoms. The average Bonchev–Trinajstić information content (AvgIpc) is 3.49. The fourth-order valence-electron chi connectivity index (χ4n) is 5.44. The number of hydrogen-bond acceptors (Lipinski definition) is 4. The van der Waals surface area contributed by atoms with Crippen LogP contribution in [0.25, 0.3) is 44.6 Å². The van der Waals surface area contributed by atoms with Crippen LogP contribution in [0.5, 0.6) is 0 Å². The number of aryl methyl sites for hydroxylation is 1. The van der Waals surface area contributed by atoms with Gasteiger partial charge in [-0.15, -0.1) is 54.1 Å². The number of nitrogens with zero attached hydrogens (tertiary/aromatic N) is 3. The van der Waals surface area contributed by atoms with Gasteiger partial charge in [0.1, 0.15) is 0 Å². The molecule has 0 saturated heterocycles. The largest absolute Gasteiger partial charge is 0.486 e. The molecule has 0 aliphatic rings. The molecule has 0 bridgehead atoms. The van der Waals surface area contributed by atoms with Crippen LogP contribution in [0.3, 0.4) is 0 Å². The van der Waals surface area contributed by atoms with Crippen molar-refractivity contribution in [3.63, 3.8) is 0 Å².